The number of carbonyl (C=O) groups is 1. The Balaban J connectivity index is 0.00000338. The highest BCUT2D eigenvalue weighted by Crippen LogP contribution is 2.28. The molecule has 26 heavy (non-hydrogen) atoms. The van der Waals surface area contributed by atoms with Crippen LogP contribution in [0.2, 0.25) is 0 Å². The van der Waals surface area contributed by atoms with Crippen LogP contribution in [0.15, 0.2) is 29.3 Å². The van der Waals surface area contributed by atoms with Gasteiger partial charge in [0.2, 0.25) is 5.91 Å². The fraction of sp³-hybridized carbons (Fsp3) is 0.579. The van der Waals surface area contributed by atoms with Gasteiger partial charge >= 0.3 is 0 Å². The standard InChI is InChI=1S/C19H30N4O2.HI/c1-3-20-19(23-13-12-21-18(24)16-7-8-16)22-11-4-14-25-17-9-5-15(2)6-10-17;/h5-6,9-10,16H,3-4,7-8,11-14H2,1-2H3,(H,21,24)(H2,20,22,23);1H. The quantitative estimate of drug-likeness (QED) is 0.211. The molecule has 0 bridgehead atoms. The molecule has 0 atom stereocenters. The van der Waals surface area contributed by atoms with Crippen LogP contribution in [-0.4, -0.2) is 44.7 Å². The predicted octanol–water partition coefficient (Wildman–Crippen LogP) is 2.46. The van der Waals surface area contributed by atoms with Crippen molar-refractivity contribution in [3.05, 3.63) is 29.8 Å². The summed E-state index contributed by atoms with van der Waals surface area (Å²) in [5.41, 5.74) is 1.23. The van der Waals surface area contributed by atoms with E-state index in [1.54, 1.807) is 0 Å². The van der Waals surface area contributed by atoms with E-state index in [-0.39, 0.29) is 35.8 Å². The number of aliphatic imine (C=N–C) groups is 1. The molecule has 1 saturated carbocycles. The lowest BCUT2D eigenvalue weighted by Crippen LogP contribution is -2.41. The zero-order valence-electron chi connectivity index (χ0n) is 15.7. The monoisotopic (exact) mass is 474 g/mol. The summed E-state index contributed by atoms with van der Waals surface area (Å²) in [5, 5.41) is 9.38. The Morgan fingerprint density at radius 1 is 1.15 bits per heavy atom. The minimum absolute atomic E-state index is 0. The van der Waals surface area contributed by atoms with Crippen molar-refractivity contribution in [1.82, 2.24) is 16.0 Å². The van der Waals surface area contributed by atoms with Crippen LogP contribution in [0.25, 0.3) is 0 Å². The van der Waals surface area contributed by atoms with Gasteiger partial charge in [0.15, 0.2) is 5.96 Å². The average molecular weight is 474 g/mol. The number of nitrogens with one attached hydrogen (secondary N) is 3. The van der Waals surface area contributed by atoms with E-state index >= 15 is 0 Å². The smallest absolute Gasteiger partial charge is 0.223 e. The minimum Gasteiger partial charge on any atom is -0.494 e. The molecule has 0 radical (unpaired) electrons. The Hall–Kier alpha value is -1.51. The second-order valence-corrected chi connectivity index (χ2v) is 6.27. The molecule has 1 aromatic carbocycles. The highest BCUT2D eigenvalue weighted by molar-refractivity contribution is 14.0. The first-order valence-corrected chi connectivity index (χ1v) is 9.18. The summed E-state index contributed by atoms with van der Waals surface area (Å²) >= 11 is 0. The maximum atomic E-state index is 11.6. The molecule has 2 rings (SSSR count). The summed E-state index contributed by atoms with van der Waals surface area (Å²) < 4.78 is 5.70. The number of ether oxygens (including phenoxy) is 1. The summed E-state index contributed by atoms with van der Waals surface area (Å²) in [6.07, 6.45) is 2.92. The van der Waals surface area contributed by atoms with E-state index < -0.39 is 0 Å². The number of aryl methyl sites for hydroxylation is 1. The molecule has 1 fully saturated rings. The van der Waals surface area contributed by atoms with Crippen molar-refractivity contribution in [3.8, 4) is 5.75 Å². The van der Waals surface area contributed by atoms with Crippen LogP contribution in [-0.2, 0) is 4.79 Å². The van der Waals surface area contributed by atoms with Crippen molar-refractivity contribution in [2.75, 3.05) is 32.8 Å². The van der Waals surface area contributed by atoms with Gasteiger partial charge in [0.1, 0.15) is 5.75 Å². The van der Waals surface area contributed by atoms with E-state index in [0.717, 1.165) is 37.5 Å². The number of guanidine groups is 1. The van der Waals surface area contributed by atoms with Crippen molar-refractivity contribution < 1.29 is 9.53 Å². The van der Waals surface area contributed by atoms with Gasteiger partial charge in [-0.1, -0.05) is 17.7 Å². The van der Waals surface area contributed by atoms with E-state index in [4.69, 9.17) is 4.74 Å². The lowest BCUT2D eigenvalue weighted by Gasteiger charge is -2.12. The largest absolute Gasteiger partial charge is 0.494 e. The lowest BCUT2D eigenvalue weighted by atomic mass is 10.2. The first-order valence-electron chi connectivity index (χ1n) is 9.18. The van der Waals surface area contributed by atoms with Gasteiger partial charge in [-0.15, -0.1) is 24.0 Å². The summed E-state index contributed by atoms with van der Waals surface area (Å²) in [7, 11) is 0. The van der Waals surface area contributed by atoms with E-state index in [9.17, 15) is 4.79 Å². The molecule has 1 aliphatic rings. The van der Waals surface area contributed by atoms with Gasteiger partial charge in [0, 0.05) is 38.5 Å². The molecule has 1 aromatic rings. The van der Waals surface area contributed by atoms with E-state index in [1.807, 2.05) is 31.2 Å². The van der Waals surface area contributed by atoms with Crippen molar-refractivity contribution in [3.63, 3.8) is 0 Å². The van der Waals surface area contributed by atoms with E-state index in [1.165, 1.54) is 5.56 Å². The van der Waals surface area contributed by atoms with Crippen molar-refractivity contribution in [1.29, 1.82) is 0 Å². The molecule has 1 aliphatic carbocycles. The van der Waals surface area contributed by atoms with Crippen LogP contribution < -0.4 is 20.7 Å². The number of benzene rings is 1. The molecule has 1 amide bonds. The molecule has 0 aromatic heterocycles. The fourth-order valence-corrected chi connectivity index (χ4v) is 2.28. The third kappa shape index (κ3) is 9.26. The topological polar surface area (TPSA) is 74.8 Å². The SMILES string of the molecule is CCNC(=NCCCOc1ccc(C)cc1)NCCNC(=O)C1CC1.I. The molecule has 7 heteroatoms. The maximum Gasteiger partial charge on any atom is 0.223 e. The van der Waals surface area contributed by atoms with Gasteiger partial charge in [0.05, 0.1) is 6.61 Å². The van der Waals surface area contributed by atoms with Crippen LogP contribution in [0.5, 0.6) is 5.75 Å². The summed E-state index contributed by atoms with van der Waals surface area (Å²) in [4.78, 5) is 16.1. The number of carbonyl (C=O) groups excluding carboxylic acids is 1. The number of hydrogen-bond acceptors (Lipinski definition) is 3. The molecule has 0 aliphatic heterocycles. The second kappa shape index (κ2) is 12.8. The number of rotatable bonds is 10. The predicted molar refractivity (Wildman–Crippen MR) is 116 cm³/mol. The first-order chi connectivity index (χ1) is 12.2. The third-order valence-electron chi connectivity index (χ3n) is 3.87. The third-order valence-corrected chi connectivity index (χ3v) is 3.87. The van der Waals surface area contributed by atoms with Gasteiger partial charge in [-0.3, -0.25) is 9.79 Å². The van der Waals surface area contributed by atoms with E-state index in [0.29, 0.717) is 26.2 Å². The summed E-state index contributed by atoms with van der Waals surface area (Å²) in [5.74, 6) is 2.11. The van der Waals surface area contributed by atoms with Crippen LogP contribution in [0.3, 0.4) is 0 Å². The Bertz CT molecular complexity index is 559. The van der Waals surface area contributed by atoms with Gasteiger partial charge in [-0.05, 0) is 38.8 Å². The molecule has 0 unspecified atom stereocenters. The number of nitrogens with zero attached hydrogens (tertiary/aromatic N) is 1. The van der Waals surface area contributed by atoms with Crippen molar-refractivity contribution in [2.45, 2.75) is 33.1 Å². The van der Waals surface area contributed by atoms with Crippen LogP contribution in [0.4, 0.5) is 0 Å². The molecule has 146 valence electrons. The zero-order valence-corrected chi connectivity index (χ0v) is 18.0. The molecule has 6 nitrogen and oxygen atoms in total. The molecule has 0 heterocycles. The maximum absolute atomic E-state index is 11.6. The van der Waals surface area contributed by atoms with Crippen molar-refractivity contribution in [2.24, 2.45) is 10.9 Å². The van der Waals surface area contributed by atoms with Gasteiger partial charge < -0.3 is 20.7 Å². The first kappa shape index (κ1) is 22.5. The number of amides is 1. The van der Waals surface area contributed by atoms with Crippen LogP contribution in [0, 0.1) is 12.8 Å². The van der Waals surface area contributed by atoms with Gasteiger partial charge in [-0.2, -0.15) is 0 Å². The molecular formula is C19H31IN4O2. The fourth-order valence-electron chi connectivity index (χ4n) is 2.28. The molecule has 3 N–H and O–H groups in total. The van der Waals surface area contributed by atoms with E-state index in [2.05, 4.69) is 27.9 Å². The normalized spacial score (nSPS) is 13.5. The Morgan fingerprint density at radius 3 is 2.50 bits per heavy atom. The second-order valence-electron chi connectivity index (χ2n) is 6.27. The van der Waals surface area contributed by atoms with Crippen LogP contribution >= 0.6 is 24.0 Å². The summed E-state index contributed by atoms with van der Waals surface area (Å²) in [6.45, 7) is 7.53. The Morgan fingerprint density at radius 2 is 1.85 bits per heavy atom. The number of halogens is 1. The molecule has 0 spiro atoms. The van der Waals surface area contributed by atoms with Gasteiger partial charge in [0.25, 0.3) is 0 Å². The minimum atomic E-state index is 0. The summed E-state index contributed by atoms with van der Waals surface area (Å²) in [6, 6.07) is 8.06. The zero-order chi connectivity index (χ0) is 17.9. The Kier molecular flexibility index (Phi) is 11.1. The van der Waals surface area contributed by atoms with Crippen LogP contribution in [0.1, 0.15) is 31.7 Å². The molecular weight excluding hydrogens is 443 g/mol. The highest BCUT2D eigenvalue weighted by atomic mass is 127. The van der Waals surface area contributed by atoms with Crippen molar-refractivity contribution >= 4 is 35.8 Å². The number of hydrogen-bond donors (Lipinski definition) is 3. The highest BCUT2D eigenvalue weighted by Gasteiger charge is 2.28. The Labute approximate surface area is 173 Å². The van der Waals surface area contributed by atoms with Gasteiger partial charge in [-0.25, -0.2) is 0 Å². The lowest BCUT2D eigenvalue weighted by molar-refractivity contribution is -0.122. The molecule has 0 saturated heterocycles. The average Bonchev–Trinajstić information content (AvgIpc) is 3.45.